The molecule has 0 radical (unpaired) electrons. The van der Waals surface area contributed by atoms with E-state index in [2.05, 4.69) is 29.1 Å². The van der Waals surface area contributed by atoms with Gasteiger partial charge in [-0.2, -0.15) is 0 Å². The molecule has 0 amide bonds. The lowest BCUT2D eigenvalue weighted by Crippen LogP contribution is -2.25. The van der Waals surface area contributed by atoms with E-state index in [1.165, 1.54) is 0 Å². The van der Waals surface area contributed by atoms with Gasteiger partial charge in [0, 0.05) is 25.5 Å². The molecule has 2 aromatic rings. The highest BCUT2D eigenvalue weighted by Crippen LogP contribution is 2.22. The van der Waals surface area contributed by atoms with E-state index < -0.39 is 0 Å². The fraction of sp³-hybridized carbons (Fsp3) is 0.500. The van der Waals surface area contributed by atoms with Gasteiger partial charge in [-0.1, -0.05) is 13.8 Å². The minimum absolute atomic E-state index is 0.00931. The summed E-state index contributed by atoms with van der Waals surface area (Å²) < 4.78 is 1.84. The first-order valence-corrected chi connectivity index (χ1v) is 5.96. The lowest BCUT2D eigenvalue weighted by molar-refractivity contribution is 0.220. The van der Waals surface area contributed by atoms with Gasteiger partial charge in [0.15, 0.2) is 11.5 Å². The first kappa shape index (κ1) is 12.6. The van der Waals surface area contributed by atoms with Crippen molar-refractivity contribution >= 4 is 17.3 Å². The molecule has 0 aromatic carbocycles. The molecule has 0 aliphatic carbocycles. The van der Waals surface area contributed by atoms with Crippen LogP contribution >= 0.6 is 0 Å². The highest BCUT2D eigenvalue weighted by molar-refractivity contribution is 5.64. The molecule has 2 aromatic heterocycles. The minimum atomic E-state index is -0.00931. The Bertz CT molecular complexity index is 534. The Balaban J connectivity index is 2.19. The second-order valence-electron chi connectivity index (χ2n) is 5.16. The summed E-state index contributed by atoms with van der Waals surface area (Å²) in [6.45, 7) is 5.06. The lowest BCUT2D eigenvalue weighted by atomic mass is 9.90. The average Bonchev–Trinajstić information content (AvgIpc) is 2.73. The predicted molar refractivity (Wildman–Crippen MR) is 71.4 cm³/mol. The fourth-order valence-electron chi connectivity index (χ4n) is 1.78. The zero-order valence-electron chi connectivity index (χ0n) is 10.7. The third-order valence-corrected chi connectivity index (χ3v) is 2.92. The second-order valence-corrected chi connectivity index (χ2v) is 5.16. The standard InChI is InChI=1S/C12H19N5O/c1-12(2,3-6-18)8-15-10-11-14-4-5-17(11)7-9(13)16-10/h4-5,7,18H,3,6,8,13H2,1-2H3,(H,15,16). The van der Waals surface area contributed by atoms with E-state index in [4.69, 9.17) is 10.8 Å². The van der Waals surface area contributed by atoms with E-state index in [1.807, 2.05) is 10.6 Å². The van der Waals surface area contributed by atoms with E-state index in [0.717, 1.165) is 12.1 Å². The van der Waals surface area contributed by atoms with Crippen molar-refractivity contribution in [2.45, 2.75) is 20.3 Å². The van der Waals surface area contributed by atoms with E-state index in [0.29, 0.717) is 18.2 Å². The van der Waals surface area contributed by atoms with E-state index in [1.54, 1.807) is 12.4 Å². The Kier molecular flexibility index (Phi) is 3.38. The maximum absolute atomic E-state index is 9.00. The van der Waals surface area contributed by atoms with Gasteiger partial charge < -0.3 is 20.6 Å². The summed E-state index contributed by atoms with van der Waals surface area (Å²) in [6.07, 6.45) is 6.00. The topological polar surface area (TPSA) is 88.5 Å². The van der Waals surface area contributed by atoms with Crippen LogP contribution in [0.3, 0.4) is 0 Å². The molecule has 0 aliphatic rings. The van der Waals surface area contributed by atoms with E-state index in [9.17, 15) is 0 Å². The molecule has 0 aliphatic heterocycles. The highest BCUT2D eigenvalue weighted by atomic mass is 16.3. The summed E-state index contributed by atoms with van der Waals surface area (Å²) in [5.41, 5.74) is 6.49. The van der Waals surface area contributed by atoms with Gasteiger partial charge in [-0.25, -0.2) is 9.97 Å². The van der Waals surface area contributed by atoms with Crippen molar-refractivity contribution in [2.24, 2.45) is 5.41 Å². The molecule has 2 rings (SSSR count). The largest absolute Gasteiger partial charge is 0.396 e. The number of hydrogen-bond acceptors (Lipinski definition) is 5. The van der Waals surface area contributed by atoms with E-state index in [-0.39, 0.29) is 12.0 Å². The fourth-order valence-corrected chi connectivity index (χ4v) is 1.78. The molecule has 4 N–H and O–H groups in total. The predicted octanol–water partition coefficient (Wildman–Crippen LogP) is 1.13. The van der Waals surface area contributed by atoms with Crippen LogP contribution in [0.2, 0.25) is 0 Å². The van der Waals surface area contributed by atoms with Crippen LogP contribution in [0, 0.1) is 5.41 Å². The van der Waals surface area contributed by atoms with Crippen molar-refractivity contribution in [1.29, 1.82) is 0 Å². The van der Waals surface area contributed by atoms with Crippen molar-refractivity contribution in [3.63, 3.8) is 0 Å². The minimum Gasteiger partial charge on any atom is -0.396 e. The Morgan fingerprint density at radius 3 is 3.00 bits per heavy atom. The van der Waals surface area contributed by atoms with Crippen LogP contribution in [0.4, 0.5) is 11.6 Å². The normalized spacial score (nSPS) is 11.9. The maximum Gasteiger partial charge on any atom is 0.180 e. The number of hydrogen-bond donors (Lipinski definition) is 3. The molecule has 2 heterocycles. The summed E-state index contributed by atoms with van der Waals surface area (Å²) in [4.78, 5) is 8.50. The molecule has 0 saturated carbocycles. The summed E-state index contributed by atoms with van der Waals surface area (Å²) in [7, 11) is 0. The lowest BCUT2D eigenvalue weighted by Gasteiger charge is -2.24. The van der Waals surface area contributed by atoms with Gasteiger partial charge in [0.1, 0.15) is 5.82 Å². The molecule has 0 unspecified atom stereocenters. The van der Waals surface area contributed by atoms with Crippen LogP contribution in [0.25, 0.3) is 5.65 Å². The number of nitrogens with one attached hydrogen (secondary N) is 1. The zero-order chi connectivity index (χ0) is 13.2. The number of rotatable bonds is 5. The molecule has 0 fully saturated rings. The van der Waals surface area contributed by atoms with Crippen LogP contribution in [-0.2, 0) is 0 Å². The summed E-state index contributed by atoms with van der Waals surface area (Å²) in [5, 5.41) is 12.3. The quantitative estimate of drug-likeness (QED) is 0.739. The molecule has 98 valence electrons. The van der Waals surface area contributed by atoms with E-state index >= 15 is 0 Å². The van der Waals surface area contributed by atoms with Crippen molar-refractivity contribution in [1.82, 2.24) is 14.4 Å². The summed E-state index contributed by atoms with van der Waals surface area (Å²) in [6, 6.07) is 0. The number of aliphatic hydroxyl groups excluding tert-OH is 1. The molecule has 18 heavy (non-hydrogen) atoms. The first-order chi connectivity index (χ1) is 8.52. The molecule has 0 saturated heterocycles. The highest BCUT2D eigenvalue weighted by Gasteiger charge is 2.18. The Hall–Kier alpha value is -1.82. The molecular formula is C12H19N5O. The van der Waals surface area contributed by atoms with Gasteiger partial charge in [-0.3, -0.25) is 0 Å². The maximum atomic E-state index is 9.00. The van der Waals surface area contributed by atoms with Gasteiger partial charge in [0.2, 0.25) is 0 Å². The number of aliphatic hydroxyl groups is 1. The van der Waals surface area contributed by atoms with Crippen molar-refractivity contribution in [3.8, 4) is 0 Å². The summed E-state index contributed by atoms with van der Waals surface area (Å²) >= 11 is 0. The first-order valence-electron chi connectivity index (χ1n) is 5.96. The second kappa shape index (κ2) is 4.81. The van der Waals surface area contributed by atoms with Crippen molar-refractivity contribution in [3.05, 3.63) is 18.6 Å². The molecular weight excluding hydrogens is 230 g/mol. The number of aromatic nitrogens is 3. The number of nitrogens with two attached hydrogens (primary N) is 1. The van der Waals surface area contributed by atoms with Crippen LogP contribution in [0.15, 0.2) is 18.6 Å². The average molecular weight is 249 g/mol. The SMILES string of the molecule is CC(C)(CCO)CNc1nc(N)cn2ccnc12. The number of imidazole rings is 1. The smallest absolute Gasteiger partial charge is 0.180 e. The molecule has 6 nitrogen and oxygen atoms in total. The van der Waals surface area contributed by atoms with Crippen LogP contribution in [0.1, 0.15) is 20.3 Å². The molecule has 6 heteroatoms. The molecule has 0 atom stereocenters. The number of fused-ring (bicyclic) bond motifs is 1. The van der Waals surface area contributed by atoms with Crippen LogP contribution in [0.5, 0.6) is 0 Å². The third kappa shape index (κ3) is 2.70. The van der Waals surface area contributed by atoms with Gasteiger partial charge >= 0.3 is 0 Å². The number of nitrogen functional groups attached to an aromatic ring is 1. The van der Waals surface area contributed by atoms with Crippen LogP contribution < -0.4 is 11.1 Å². The summed E-state index contributed by atoms with van der Waals surface area (Å²) in [5.74, 6) is 1.12. The Labute approximate surface area is 106 Å². The van der Waals surface area contributed by atoms with Crippen molar-refractivity contribution in [2.75, 3.05) is 24.2 Å². The van der Waals surface area contributed by atoms with Gasteiger partial charge in [0.25, 0.3) is 0 Å². The monoisotopic (exact) mass is 249 g/mol. The number of nitrogens with zero attached hydrogens (tertiary/aromatic N) is 3. The van der Waals surface area contributed by atoms with Gasteiger partial charge in [0.05, 0.1) is 6.20 Å². The molecule has 0 bridgehead atoms. The van der Waals surface area contributed by atoms with Crippen molar-refractivity contribution < 1.29 is 5.11 Å². The van der Waals surface area contributed by atoms with Gasteiger partial charge in [-0.05, 0) is 11.8 Å². The van der Waals surface area contributed by atoms with Crippen LogP contribution in [-0.4, -0.2) is 32.6 Å². The third-order valence-electron chi connectivity index (χ3n) is 2.92. The number of anilines is 2. The molecule has 0 spiro atoms. The zero-order valence-corrected chi connectivity index (χ0v) is 10.7. The Morgan fingerprint density at radius 2 is 2.28 bits per heavy atom. The van der Waals surface area contributed by atoms with Gasteiger partial charge in [-0.15, -0.1) is 0 Å². The Morgan fingerprint density at radius 1 is 1.50 bits per heavy atom.